The zero-order chi connectivity index (χ0) is 26.4. The molecule has 1 atom stereocenters. The number of rotatable bonds is 9. The van der Waals surface area contributed by atoms with E-state index in [1.165, 1.54) is 31.4 Å². The highest BCUT2D eigenvalue weighted by Gasteiger charge is 2.31. The Labute approximate surface area is 216 Å². The van der Waals surface area contributed by atoms with Gasteiger partial charge >= 0.3 is 6.18 Å². The standard InChI is InChI=1S/C29H35F3N4O/c1-3-18-33-28(37)22-12-16-24(17-13-22)34-27(21-8-6-5-7-9-21)26-19-25(35-36(26)4-2)20-10-14-23(15-11-20)29(30,31)32/h10-17,19,21,27,34H,3-9,18H2,1-2H3,(H,33,37). The fourth-order valence-corrected chi connectivity index (χ4v) is 5.04. The van der Waals surface area contributed by atoms with Gasteiger partial charge in [0, 0.05) is 29.9 Å². The lowest BCUT2D eigenvalue weighted by molar-refractivity contribution is -0.137. The number of hydrogen-bond donors (Lipinski definition) is 2. The van der Waals surface area contributed by atoms with Gasteiger partial charge in [0.1, 0.15) is 0 Å². The van der Waals surface area contributed by atoms with Gasteiger partial charge in [0.05, 0.1) is 23.0 Å². The molecule has 1 heterocycles. The zero-order valence-corrected chi connectivity index (χ0v) is 21.4. The molecule has 2 aromatic carbocycles. The molecule has 0 radical (unpaired) electrons. The van der Waals surface area contributed by atoms with Crippen molar-refractivity contribution in [1.82, 2.24) is 15.1 Å². The maximum absolute atomic E-state index is 13.0. The number of alkyl halides is 3. The third-order valence-corrected chi connectivity index (χ3v) is 7.06. The van der Waals surface area contributed by atoms with Crippen LogP contribution in [0.2, 0.25) is 0 Å². The average molecular weight is 513 g/mol. The zero-order valence-electron chi connectivity index (χ0n) is 21.4. The quantitative estimate of drug-likeness (QED) is 0.313. The number of carbonyl (C=O) groups excluding carboxylic acids is 1. The van der Waals surface area contributed by atoms with Crippen LogP contribution in [0.3, 0.4) is 0 Å². The molecule has 2 N–H and O–H groups in total. The number of aryl methyl sites for hydroxylation is 1. The van der Waals surface area contributed by atoms with E-state index in [0.717, 1.165) is 42.8 Å². The van der Waals surface area contributed by atoms with Gasteiger partial charge < -0.3 is 10.6 Å². The summed E-state index contributed by atoms with van der Waals surface area (Å²) in [5.74, 6) is 0.325. The van der Waals surface area contributed by atoms with E-state index >= 15 is 0 Å². The van der Waals surface area contributed by atoms with E-state index in [1.54, 1.807) is 0 Å². The Hall–Kier alpha value is -3.29. The number of carbonyl (C=O) groups is 1. The highest BCUT2D eigenvalue weighted by molar-refractivity contribution is 5.94. The van der Waals surface area contributed by atoms with Crippen LogP contribution in [0.5, 0.6) is 0 Å². The number of benzene rings is 2. The van der Waals surface area contributed by atoms with Crippen molar-refractivity contribution in [3.05, 3.63) is 71.4 Å². The molecule has 1 aliphatic carbocycles. The summed E-state index contributed by atoms with van der Waals surface area (Å²) in [6.07, 6.45) is 2.29. The van der Waals surface area contributed by atoms with Gasteiger partial charge in [0.25, 0.3) is 5.91 Å². The van der Waals surface area contributed by atoms with Gasteiger partial charge in [-0.05, 0) is 74.6 Å². The molecule has 5 nitrogen and oxygen atoms in total. The number of nitrogens with zero attached hydrogens (tertiary/aromatic N) is 2. The molecule has 0 bridgehead atoms. The van der Waals surface area contributed by atoms with E-state index < -0.39 is 11.7 Å². The molecule has 0 saturated heterocycles. The molecule has 1 aromatic heterocycles. The van der Waals surface area contributed by atoms with E-state index in [0.29, 0.717) is 35.8 Å². The molecule has 1 amide bonds. The van der Waals surface area contributed by atoms with Crippen molar-refractivity contribution in [2.75, 3.05) is 11.9 Å². The summed E-state index contributed by atoms with van der Waals surface area (Å²) in [6, 6.07) is 14.7. The van der Waals surface area contributed by atoms with Gasteiger partial charge in [-0.3, -0.25) is 9.48 Å². The van der Waals surface area contributed by atoms with Crippen molar-refractivity contribution in [2.45, 2.75) is 71.1 Å². The second-order valence-electron chi connectivity index (χ2n) is 9.70. The number of halogens is 3. The molecule has 4 rings (SSSR count). The van der Waals surface area contributed by atoms with Crippen molar-refractivity contribution in [2.24, 2.45) is 5.92 Å². The van der Waals surface area contributed by atoms with Crippen LogP contribution < -0.4 is 10.6 Å². The Kier molecular flexibility index (Phi) is 8.56. The van der Waals surface area contributed by atoms with Crippen molar-refractivity contribution >= 4 is 11.6 Å². The molecular formula is C29H35F3N4O. The molecule has 0 aliphatic heterocycles. The smallest absolute Gasteiger partial charge is 0.376 e. The van der Waals surface area contributed by atoms with E-state index in [4.69, 9.17) is 5.10 Å². The minimum atomic E-state index is -4.37. The lowest BCUT2D eigenvalue weighted by Gasteiger charge is -2.32. The molecule has 0 spiro atoms. The van der Waals surface area contributed by atoms with E-state index in [1.807, 2.05) is 48.9 Å². The number of nitrogens with one attached hydrogen (secondary N) is 2. The van der Waals surface area contributed by atoms with E-state index in [-0.39, 0.29) is 11.9 Å². The van der Waals surface area contributed by atoms with Crippen LogP contribution in [-0.4, -0.2) is 22.2 Å². The fraction of sp³-hybridized carbons (Fsp3) is 0.448. The second-order valence-corrected chi connectivity index (χ2v) is 9.70. The molecule has 3 aromatic rings. The highest BCUT2D eigenvalue weighted by atomic mass is 19.4. The van der Waals surface area contributed by atoms with Gasteiger partial charge in [0.15, 0.2) is 0 Å². The molecule has 198 valence electrons. The van der Waals surface area contributed by atoms with Crippen molar-refractivity contribution < 1.29 is 18.0 Å². The largest absolute Gasteiger partial charge is 0.416 e. The first-order valence-electron chi connectivity index (χ1n) is 13.2. The maximum atomic E-state index is 13.0. The Morgan fingerprint density at radius 1 is 1.03 bits per heavy atom. The molecule has 1 saturated carbocycles. The highest BCUT2D eigenvalue weighted by Crippen LogP contribution is 2.38. The number of amides is 1. The summed E-state index contributed by atoms with van der Waals surface area (Å²) in [5.41, 5.74) is 3.22. The van der Waals surface area contributed by atoms with E-state index in [9.17, 15) is 18.0 Å². The summed E-state index contributed by atoms with van der Waals surface area (Å²) in [7, 11) is 0. The molecule has 8 heteroatoms. The lowest BCUT2D eigenvalue weighted by atomic mass is 9.82. The summed E-state index contributed by atoms with van der Waals surface area (Å²) in [4.78, 5) is 12.3. The molecular weight excluding hydrogens is 477 g/mol. The fourth-order valence-electron chi connectivity index (χ4n) is 5.04. The summed E-state index contributed by atoms with van der Waals surface area (Å²) < 4.78 is 41.1. The Morgan fingerprint density at radius 3 is 2.30 bits per heavy atom. The predicted molar refractivity (Wildman–Crippen MR) is 140 cm³/mol. The Balaban J connectivity index is 1.62. The van der Waals surface area contributed by atoms with Crippen LogP contribution in [0.1, 0.15) is 80.0 Å². The molecule has 1 unspecified atom stereocenters. The van der Waals surface area contributed by atoms with Crippen molar-refractivity contribution in [3.63, 3.8) is 0 Å². The summed E-state index contributed by atoms with van der Waals surface area (Å²) in [5, 5.41) is 11.4. The minimum Gasteiger partial charge on any atom is -0.376 e. The SMILES string of the molecule is CCCNC(=O)c1ccc(NC(c2cc(-c3ccc(C(F)(F)F)cc3)nn2CC)C2CCCCC2)cc1. The Bertz CT molecular complexity index is 1160. The van der Waals surface area contributed by atoms with Gasteiger partial charge in [-0.1, -0.05) is 38.3 Å². The Morgan fingerprint density at radius 2 is 1.70 bits per heavy atom. The molecule has 1 fully saturated rings. The van der Waals surface area contributed by atoms with Gasteiger partial charge in [-0.25, -0.2) is 0 Å². The third-order valence-electron chi connectivity index (χ3n) is 7.06. The average Bonchev–Trinajstić information content (AvgIpc) is 3.35. The van der Waals surface area contributed by atoms with Crippen LogP contribution in [-0.2, 0) is 12.7 Å². The van der Waals surface area contributed by atoms with Gasteiger partial charge in [-0.15, -0.1) is 0 Å². The van der Waals surface area contributed by atoms with Crippen LogP contribution in [0.25, 0.3) is 11.3 Å². The first-order chi connectivity index (χ1) is 17.8. The normalized spacial score (nSPS) is 15.4. The first kappa shape index (κ1) is 26.8. The third kappa shape index (κ3) is 6.53. The molecule has 37 heavy (non-hydrogen) atoms. The van der Waals surface area contributed by atoms with E-state index in [2.05, 4.69) is 10.6 Å². The number of hydrogen-bond acceptors (Lipinski definition) is 3. The van der Waals surface area contributed by atoms with Crippen LogP contribution >= 0.6 is 0 Å². The van der Waals surface area contributed by atoms with Crippen LogP contribution in [0.15, 0.2) is 54.6 Å². The van der Waals surface area contributed by atoms with Crippen molar-refractivity contribution in [1.29, 1.82) is 0 Å². The second kappa shape index (κ2) is 11.8. The topological polar surface area (TPSA) is 59.0 Å². The number of anilines is 1. The minimum absolute atomic E-state index is 0.00397. The monoisotopic (exact) mass is 512 g/mol. The van der Waals surface area contributed by atoms with Crippen LogP contribution in [0.4, 0.5) is 18.9 Å². The predicted octanol–water partition coefficient (Wildman–Crippen LogP) is 7.46. The number of aromatic nitrogens is 2. The van der Waals surface area contributed by atoms with Gasteiger partial charge in [-0.2, -0.15) is 18.3 Å². The van der Waals surface area contributed by atoms with Crippen LogP contribution in [0, 0.1) is 5.92 Å². The maximum Gasteiger partial charge on any atom is 0.416 e. The lowest BCUT2D eigenvalue weighted by Crippen LogP contribution is -2.26. The first-order valence-corrected chi connectivity index (χ1v) is 13.2. The molecule has 1 aliphatic rings. The van der Waals surface area contributed by atoms with Gasteiger partial charge in [0.2, 0.25) is 0 Å². The summed E-state index contributed by atoms with van der Waals surface area (Å²) >= 11 is 0. The summed E-state index contributed by atoms with van der Waals surface area (Å²) in [6.45, 7) is 5.33. The van der Waals surface area contributed by atoms with Crippen molar-refractivity contribution in [3.8, 4) is 11.3 Å².